The van der Waals surface area contributed by atoms with Gasteiger partial charge >= 0.3 is 0 Å². The Balaban J connectivity index is 1.70. The Labute approximate surface area is 189 Å². The Hall–Kier alpha value is -3.16. The van der Waals surface area contributed by atoms with Crippen molar-refractivity contribution in [3.8, 4) is 0 Å². The van der Waals surface area contributed by atoms with Gasteiger partial charge in [-0.3, -0.25) is 9.59 Å². The van der Waals surface area contributed by atoms with Crippen molar-refractivity contribution in [2.75, 3.05) is 36.4 Å². The smallest absolute Gasteiger partial charge is 0.273 e. The molecule has 2 aromatic rings. The third kappa shape index (κ3) is 4.13. The number of carbonyl (C=O) groups excluding carboxylic acids is 2. The summed E-state index contributed by atoms with van der Waals surface area (Å²) in [6.07, 6.45) is 0. The van der Waals surface area contributed by atoms with Gasteiger partial charge in [-0.05, 0) is 33.3 Å². The molecule has 8 nitrogen and oxygen atoms in total. The molecule has 0 atom stereocenters. The van der Waals surface area contributed by atoms with Crippen molar-refractivity contribution in [3.05, 3.63) is 47.2 Å². The van der Waals surface area contributed by atoms with Crippen molar-refractivity contribution in [1.82, 2.24) is 19.8 Å². The summed E-state index contributed by atoms with van der Waals surface area (Å²) in [5, 5.41) is 3.60. The summed E-state index contributed by atoms with van der Waals surface area (Å²) < 4.78 is 0. The molecular formula is C24H32N6O2. The maximum absolute atomic E-state index is 13.1. The highest BCUT2D eigenvalue weighted by Gasteiger charge is 2.36. The van der Waals surface area contributed by atoms with Gasteiger partial charge in [0.1, 0.15) is 11.5 Å². The minimum absolute atomic E-state index is 0.0541. The van der Waals surface area contributed by atoms with Crippen LogP contribution in [0.25, 0.3) is 0 Å². The molecule has 0 aliphatic carbocycles. The molecule has 1 aromatic carbocycles. The summed E-state index contributed by atoms with van der Waals surface area (Å²) in [7, 11) is 0. The summed E-state index contributed by atoms with van der Waals surface area (Å²) in [5.74, 6) is 1.26. The fourth-order valence-corrected chi connectivity index (χ4v) is 4.28. The number of piperazine rings is 1. The number of amides is 2. The molecule has 8 heteroatoms. The van der Waals surface area contributed by atoms with E-state index in [4.69, 9.17) is 9.97 Å². The normalized spacial score (nSPS) is 16.6. The largest absolute Gasteiger partial charge is 0.361 e. The topological polar surface area (TPSA) is 81.7 Å². The number of benzene rings is 1. The van der Waals surface area contributed by atoms with E-state index in [0.29, 0.717) is 50.2 Å². The first kappa shape index (κ1) is 22.0. The zero-order chi connectivity index (χ0) is 23.0. The molecule has 4 rings (SSSR count). The van der Waals surface area contributed by atoms with E-state index in [2.05, 4.69) is 36.2 Å². The van der Waals surface area contributed by atoms with Crippen molar-refractivity contribution >= 4 is 23.6 Å². The molecule has 2 amide bonds. The van der Waals surface area contributed by atoms with Crippen molar-refractivity contribution in [2.45, 2.75) is 52.7 Å². The quantitative estimate of drug-likeness (QED) is 0.776. The highest BCUT2D eigenvalue weighted by atomic mass is 16.2. The van der Waals surface area contributed by atoms with E-state index < -0.39 is 0 Å². The molecule has 1 aromatic heterocycles. The van der Waals surface area contributed by atoms with E-state index >= 15 is 0 Å². The van der Waals surface area contributed by atoms with Crippen LogP contribution in [0.2, 0.25) is 0 Å². The zero-order valence-electron chi connectivity index (χ0n) is 19.6. The van der Waals surface area contributed by atoms with Crippen molar-refractivity contribution in [2.24, 2.45) is 0 Å². The molecule has 0 bridgehead atoms. The molecule has 32 heavy (non-hydrogen) atoms. The van der Waals surface area contributed by atoms with E-state index in [1.165, 1.54) is 0 Å². The lowest BCUT2D eigenvalue weighted by atomic mass is 9.94. The van der Waals surface area contributed by atoms with Crippen LogP contribution in [0.4, 0.5) is 11.8 Å². The molecule has 1 fully saturated rings. The van der Waals surface area contributed by atoms with Crippen LogP contribution in [-0.4, -0.2) is 63.8 Å². The molecule has 0 unspecified atom stereocenters. The van der Waals surface area contributed by atoms with Crippen LogP contribution in [-0.2, 0) is 16.9 Å². The van der Waals surface area contributed by atoms with E-state index in [-0.39, 0.29) is 23.4 Å². The van der Waals surface area contributed by atoms with Crippen LogP contribution in [0.1, 0.15) is 56.2 Å². The number of hydrogen-bond acceptors (Lipinski definition) is 6. The first-order valence-corrected chi connectivity index (χ1v) is 11.2. The van der Waals surface area contributed by atoms with Gasteiger partial charge in [-0.1, -0.05) is 30.3 Å². The van der Waals surface area contributed by atoms with Crippen LogP contribution >= 0.6 is 0 Å². The second kappa shape index (κ2) is 8.41. The molecule has 170 valence electrons. The molecule has 0 saturated carbocycles. The van der Waals surface area contributed by atoms with Gasteiger partial charge in [0.05, 0.1) is 12.1 Å². The Bertz CT molecular complexity index is 1010. The Morgan fingerprint density at radius 3 is 2.31 bits per heavy atom. The number of nitrogens with one attached hydrogen (secondary N) is 1. The predicted octanol–water partition coefficient (Wildman–Crippen LogP) is 2.86. The molecule has 3 heterocycles. The van der Waals surface area contributed by atoms with Crippen molar-refractivity contribution < 1.29 is 9.59 Å². The minimum Gasteiger partial charge on any atom is -0.361 e. The van der Waals surface area contributed by atoms with Gasteiger partial charge in [0.2, 0.25) is 11.9 Å². The van der Waals surface area contributed by atoms with E-state index in [0.717, 1.165) is 11.1 Å². The Morgan fingerprint density at radius 2 is 1.72 bits per heavy atom. The summed E-state index contributed by atoms with van der Waals surface area (Å²) in [5.41, 5.74) is 2.07. The Kier molecular flexibility index (Phi) is 5.79. The summed E-state index contributed by atoms with van der Waals surface area (Å²) in [4.78, 5) is 40.2. The predicted molar refractivity (Wildman–Crippen MR) is 125 cm³/mol. The molecule has 1 saturated heterocycles. The standard InChI is InChI=1S/C24H32N6O2/c1-16(2)30-15-19-20(22(30)32)25-23(29-13-11-28(12-14-29)17(3)31)26-21(19)27-24(4,5)18-9-7-6-8-10-18/h6-10,16H,11-15H2,1-5H3,(H,25,26,27). The second-order valence-corrected chi connectivity index (χ2v) is 9.34. The molecule has 1 N–H and O–H groups in total. The average Bonchev–Trinajstić information content (AvgIpc) is 3.11. The lowest BCUT2D eigenvalue weighted by Gasteiger charge is -2.35. The average molecular weight is 437 g/mol. The van der Waals surface area contributed by atoms with E-state index in [9.17, 15) is 9.59 Å². The second-order valence-electron chi connectivity index (χ2n) is 9.34. The lowest BCUT2D eigenvalue weighted by Crippen LogP contribution is -2.48. The third-order valence-electron chi connectivity index (χ3n) is 6.34. The number of anilines is 2. The number of hydrogen-bond donors (Lipinski definition) is 1. The van der Waals surface area contributed by atoms with Crippen LogP contribution in [0.5, 0.6) is 0 Å². The lowest BCUT2D eigenvalue weighted by molar-refractivity contribution is -0.129. The number of nitrogens with zero attached hydrogens (tertiary/aromatic N) is 5. The van der Waals surface area contributed by atoms with E-state index in [1.807, 2.05) is 41.8 Å². The fraction of sp³-hybridized carbons (Fsp3) is 0.500. The first-order valence-electron chi connectivity index (χ1n) is 11.2. The summed E-state index contributed by atoms with van der Waals surface area (Å²) in [6, 6.07) is 10.3. The number of carbonyl (C=O) groups is 2. The number of rotatable bonds is 5. The molecule has 2 aliphatic rings. The van der Waals surface area contributed by atoms with Crippen LogP contribution in [0.3, 0.4) is 0 Å². The van der Waals surface area contributed by atoms with Crippen molar-refractivity contribution in [1.29, 1.82) is 0 Å². The first-order chi connectivity index (χ1) is 15.2. The zero-order valence-corrected chi connectivity index (χ0v) is 19.6. The van der Waals surface area contributed by atoms with Gasteiger partial charge in [-0.15, -0.1) is 0 Å². The molecule has 0 radical (unpaired) electrons. The van der Waals surface area contributed by atoms with Gasteiger partial charge in [-0.25, -0.2) is 4.98 Å². The molecule has 0 spiro atoms. The third-order valence-corrected chi connectivity index (χ3v) is 6.34. The SMILES string of the molecule is CC(=O)N1CCN(c2nc(NC(C)(C)c3ccccc3)c3c(n2)C(=O)N(C(C)C)C3)CC1. The van der Waals surface area contributed by atoms with Gasteiger partial charge in [0, 0.05) is 44.7 Å². The van der Waals surface area contributed by atoms with E-state index in [1.54, 1.807) is 6.92 Å². The maximum Gasteiger partial charge on any atom is 0.273 e. The van der Waals surface area contributed by atoms with Gasteiger partial charge in [0.25, 0.3) is 5.91 Å². The van der Waals surface area contributed by atoms with Crippen LogP contribution in [0, 0.1) is 0 Å². The highest BCUT2D eigenvalue weighted by Crippen LogP contribution is 2.34. The molecular weight excluding hydrogens is 404 g/mol. The van der Waals surface area contributed by atoms with Crippen LogP contribution in [0.15, 0.2) is 30.3 Å². The summed E-state index contributed by atoms with van der Waals surface area (Å²) in [6.45, 7) is 12.9. The fourth-order valence-electron chi connectivity index (χ4n) is 4.28. The Morgan fingerprint density at radius 1 is 1.06 bits per heavy atom. The monoisotopic (exact) mass is 436 g/mol. The van der Waals surface area contributed by atoms with Gasteiger partial charge < -0.3 is 20.0 Å². The number of fused-ring (bicyclic) bond motifs is 1. The summed E-state index contributed by atoms with van der Waals surface area (Å²) >= 11 is 0. The minimum atomic E-state index is -0.387. The van der Waals surface area contributed by atoms with Gasteiger partial charge in [-0.2, -0.15) is 4.98 Å². The highest BCUT2D eigenvalue weighted by molar-refractivity contribution is 5.98. The maximum atomic E-state index is 13.1. The van der Waals surface area contributed by atoms with Crippen molar-refractivity contribution in [3.63, 3.8) is 0 Å². The van der Waals surface area contributed by atoms with Crippen LogP contribution < -0.4 is 10.2 Å². The van der Waals surface area contributed by atoms with Gasteiger partial charge in [0.15, 0.2) is 0 Å². The molecule has 2 aliphatic heterocycles. The number of aromatic nitrogens is 2.